The summed E-state index contributed by atoms with van der Waals surface area (Å²) in [7, 11) is -1.72. The van der Waals surface area contributed by atoms with Crippen molar-refractivity contribution in [2.24, 2.45) is 0 Å². The summed E-state index contributed by atoms with van der Waals surface area (Å²) in [6.45, 7) is 14.7. The molecule has 206 valence electrons. The fourth-order valence-corrected chi connectivity index (χ4v) is 5.42. The Morgan fingerprint density at radius 3 is 2.53 bits per heavy atom. The Morgan fingerprint density at radius 1 is 1.05 bits per heavy atom. The van der Waals surface area contributed by atoms with Crippen LogP contribution in [0.15, 0.2) is 36.5 Å². The molecule has 0 aliphatic carbocycles. The van der Waals surface area contributed by atoms with Gasteiger partial charge >= 0.3 is 0 Å². The van der Waals surface area contributed by atoms with Gasteiger partial charge in [-0.3, -0.25) is 14.9 Å². The monoisotopic (exact) mass is 540 g/mol. The Labute approximate surface area is 225 Å². The number of hydrogen-bond donors (Lipinski definition) is 2. The number of nitrogens with one attached hydrogen (secondary N) is 2. The zero-order chi connectivity index (χ0) is 27.3. The number of carbonyl (C=O) groups is 2. The number of hydrogen-bond acceptors (Lipinski definition) is 7. The largest absolute Gasteiger partial charge is 0.414 e. The number of benzene rings is 1. The first kappa shape index (κ1) is 28.2. The number of aromatic nitrogens is 2. The zero-order valence-electron chi connectivity index (χ0n) is 23.1. The van der Waals surface area contributed by atoms with Crippen molar-refractivity contribution in [2.45, 2.75) is 57.8 Å². The molecule has 0 spiro atoms. The van der Waals surface area contributed by atoms with E-state index < -0.39 is 14.4 Å². The number of ether oxygens (including phenoxy) is 2. The molecule has 0 bridgehead atoms. The summed E-state index contributed by atoms with van der Waals surface area (Å²) in [4.78, 5) is 28.8. The summed E-state index contributed by atoms with van der Waals surface area (Å²) in [5, 5.41) is 8.06. The van der Waals surface area contributed by atoms with E-state index in [-0.39, 0.29) is 16.9 Å². The van der Waals surface area contributed by atoms with Gasteiger partial charge in [0.05, 0.1) is 38.6 Å². The van der Waals surface area contributed by atoms with Crippen molar-refractivity contribution >= 4 is 47.8 Å². The number of pyridine rings is 1. The second-order valence-electron chi connectivity index (χ2n) is 11.2. The first-order valence-corrected chi connectivity index (χ1v) is 16.2. The lowest BCUT2D eigenvalue weighted by atomic mass is 10.1. The molecule has 0 saturated carbocycles. The quantitative estimate of drug-likeness (QED) is 0.196. The zero-order valence-corrected chi connectivity index (χ0v) is 24.1. The predicted octanol–water partition coefficient (Wildman–Crippen LogP) is 4.63. The molecule has 2 aromatic heterocycles. The van der Waals surface area contributed by atoms with Crippen LogP contribution >= 0.6 is 0 Å². The third-order valence-electron chi connectivity index (χ3n) is 7.53. The SMILES string of the molecule is CC(C)(C)[Si](C)(C)OCCOCCOCCNc1ccc2c(c1)c1cccnc1n2C1CCC(=O)NC1=O. The van der Waals surface area contributed by atoms with Crippen molar-refractivity contribution in [3.05, 3.63) is 36.5 Å². The van der Waals surface area contributed by atoms with Crippen molar-refractivity contribution < 1.29 is 23.5 Å². The average Bonchev–Trinajstić information content (AvgIpc) is 3.18. The van der Waals surface area contributed by atoms with E-state index in [1.807, 2.05) is 28.8 Å². The molecule has 3 aromatic rings. The summed E-state index contributed by atoms with van der Waals surface area (Å²) in [5.41, 5.74) is 2.63. The number of rotatable bonds is 12. The standard InChI is InChI=1S/C28H40N4O5Si/c1-28(2,3)38(4,5)37-18-17-36-16-15-35-14-13-29-20-8-9-23-22(19-20)21-7-6-12-30-26(21)32(23)24-10-11-25(33)31-27(24)34/h6-9,12,19,24,29H,10-11,13-18H2,1-5H3,(H,31,33,34). The maximum Gasteiger partial charge on any atom is 0.249 e. The van der Waals surface area contributed by atoms with E-state index in [4.69, 9.17) is 13.9 Å². The lowest BCUT2D eigenvalue weighted by Gasteiger charge is -2.36. The Kier molecular flexibility index (Phi) is 8.87. The van der Waals surface area contributed by atoms with Crippen molar-refractivity contribution in [3.63, 3.8) is 0 Å². The van der Waals surface area contributed by atoms with Crippen LogP contribution in [0.5, 0.6) is 0 Å². The van der Waals surface area contributed by atoms with Crippen LogP contribution in [-0.4, -0.2) is 69.3 Å². The maximum absolute atomic E-state index is 12.6. The fourth-order valence-electron chi connectivity index (χ4n) is 4.39. The highest BCUT2D eigenvalue weighted by Gasteiger charge is 2.36. The van der Waals surface area contributed by atoms with Crippen LogP contribution in [0.4, 0.5) is 5.69 Å². The summed E-state index contributed by atoms with van der Waals surface area (Å²) in [6, 6.07) is 9.52. The van der Waals surface area contributed by atoms with Gasteiger partial charge in [0.15, 0.2) is 8.32 Å². The van der Waals surface area contributed by atoms with Crippen LogP contribution in [-0.2, 0) is 23.5 Å². The first-order chi connectivity index (χ1) is 18.1. The molecule has 1 unspecified atom stereocenters. The van der Waals surface area contributed by atoms with Crippen molar-refractivity contribution in [2.75, 3.05) is 44.9 Å². The molecule has 3 heterocycles. The average molecular weight is 541 g/mol. The van der Waals surface area contributed by atoms with E-state index in [9.17, 15) is 9.59 Å². The van der Waals surface area contributed by atoms with Gasteiger partial charge in [0.2, 0.25) is 11.8 Å². The minimum absolute atomic E-state index is 0.204. The third-order valence-corrected chi connectivity index (χ3v) is 12.1. The lowest BCUT2D eigenvalue weighted by Crippen LogP contribution is -2.41. The van der Waals surface area contributed by atoms with E-state index in [1.165, 1.54) is 0 Å². The lowest BCUT2D eigenvalue weighted by molar-refractivity contribution is -0.135. The highest BCUT2D eigenvalue weighted by molar-refractivity contribution is 6.74. The summed E-state index contributed by atoms with van der Waals surface area (Å²) in [6.07, 6.45) is 2.51. The van der Waals surface area contributed by atoms with E-state index in [0.29, 0.717) is 52.4 Å². The van der Waals surface area contributed by atoms with E-state index in [0.717, 1.165) is 27.6 Å². The smallest absolute Gasteiger partial charge is 0.249 e. The third kappa shape index (κ3) is 6.43. The van der Waals surface area contributed by atoms with Gasteiger partial charge in [0.1, 0.15) is 11.7 Å². The van der Waals surface area contributed by atoms with Crippen LogP contribution < -0.4 is 10.6 Å². The number of carbonyl (C=O) groups excluding carboxylic acids is 2. The Morgan fingerprint density at radius 2 is 1.79 bits per heavy atom. The Hall–Kier alpha value is -2.79. The van der Waals surface area contributed by atoms with Gasteiger partial charge in [-0.25, -0.2) is 4.98 Å². The molecule has 4 rings (SSSR count). The molecule has 1 aliphatic rings. The normalized spacial score (nSPS) is 16.8. The number of nitrogens with zero attached hydrogens (tertiary/aromatic N) is 2. The van der Waals surface area contributed by atoms with Gasteiger partial charge in [-0.05, 0) is 54.9 Å². The molecular formula is C28H40N4O5Si. The van der Waals surface area contributed by atoms with Gasteiger partial charge in [-0.1, -0.05) is 20.8 Å². The molecule has 1 atom stereocenters. The van der Waals surface area contributed by atoms with Crippen molar-refractivity contribution in [1.29, 1.82) is 0 Å². The molecule has 1 fully saturated rings. The van der Waals surface area contributed by atoms with E-state index in [2.05, 4.69) is 55.5 Å². The minimum Gasteiger partial charge on any atom is -0.414 e. The Balaban J connectivity index is 1.26. The van der Waals surface area contributed by atoms with Crippen LogP contribution in [0.1, 0.15) is 39.7 Å². The molecule has 1 saturated heterocycles. The molecule has 38 heavy (non-hydrogen) atoms. The predicted molar refractivity (Wildman–Crippen MR) is 152 cm³/mol. The number of amides is 2. The highest BCUT2D eigenvalue weighted by atomic mass is 28.4. The van der Waals surface area contributed by atoms with Crippen molar-refractivity contribution in [1.82, 2.24) is 14.9 Å². The van der Waals surface area contributed by atoms with Crippen LogP contribution in [0.25, 0.3) is 21.9 Å². The highest BCUT2D eigenvalue weighted by Crippen LogP contribution is 2.36. The molecule has 10 heteroatoms. The molecule has 1 aromatic carbocycles. The topological polar surface area (TPSA) is 104 Å². The summed E-state index contributed by atoms with van der Waals surface area (Å²) in [5.74, 6) is -0.506. The molecular weight excluding hydrogens is 500 g/mol. The first-order valence-electron chi connectivity index (χ1n) is 13.3. The molecule has 1 aliphatic heterocycles. The van der Waals surface area contributed by atoms with Crippen LogP contribution in [0, 0.1) is 0 Å². The minimum atomic E-state index is -1.72. The number of fused-ring (bicyclic) bond motifs is 3. The molecule has 2 N–H and O–H groups in total. The molecule has 2 amide bonds. The van der Waals surface area contributed by atoms with Gasteiger partial charge in [0, 0.05) is 35.6 Å². The molecule has 0 radical (unpaired) electrons. The van der Waals surface area contributed by atoms with Gasteiger partial charge in [-0.2, -0.15) is 0 Å². The number of piperidine rings is 1. The van der Waals surface area contributed by atoms with E-state index >= 15 is 0 Å². The Bertz CT molecular complexity index is 1280. The van der Waals surface area contributed by atoms with Crippen LogP contribution in [0.3, 0.4) is 0 Å². The fraction of sp³-hybridized carbons (Fsp3) is 0.536. The summed E-state index contributed by atoms with van der Waals surface area (Å²) < 4.78 is 19.4. The summed E-state index contributed by atoms with van der Waals surface area (Å²) >= 11 is 0. The number of anilines is 1. The second kappa shape index (κ2) is 11.9. The number of imide groups is 1. The molecule has 9 nitrogen and oxygen atoms in total. The van der Waals surface area contributed by atoms with Crippen molar-refractivity contribution in [3.8, 4) is 0 Å². The maximum atomic E-state index is 12.6. The second-order valence-corrected chi connectivity index (χ2v) is 16.0. The van der Waals surface area contributed by atoms with Gasteiger partial charge in [-0.15, -0.1) is 0 Å². The van der Waals surface area contributed by atoms with Crippen LogP contribution in [0.2, 0.25) is 18.1 Å². The van der Waals surface area contributed by atoms with Gasteiger partial charge < -0.3 is 23.8 Å². The van der Waals surface area contributed by atoms with Gasteiger partial charge in [0.25, 0.3) is 0 Å². The van der Waals surface area contributed by atoms with E-state index in [1.54, 1.807) is 6.20 Å².